The molecule has 274 valence electrons. The van der Waals surface area contributed by atoms with Crippen molar-refractivity contribution >= 4 is 23.6 Å². The highest BCUT2D eigenvalue weighted by atomic mass is 35.5. The smallest absolute Gasteiger partial charge is 0.407 e. The van der Waals surface area contributed by atoms with Crippen molar-refractivity contribution in [3.8, 4) is 17.4 Å². The SMILES string of the molecule is Cc1ccc([C@@H](C)NCc2ccc(-c3ccc(Cl)c(C(=O)N[C@@H](CNC4CCC(NC(=O)OC(C)(C)C)CC4)Cc4ccc(C#N)cc4)c3)o2)cc1. The summed E-state index contributed by atoms with van der Waals surface area (Å²) >= 11 is 6.61. The summed E-state index contributed by atoms with van der Waals surface area (Å²) in [5, 5.41) is 23.0. The van der Waals surface area contributed by atoms with E-state index in [-0.39, 0.29) is 36.2 Å². The van der Waals surface area contributed by atoms with Gasteiger partial charge in [0.1, 0.15) is 17.1 Å². The Morgan fingerprint density at radius 2 is 1.65 bits per heavy atom. The molecule has 0 bridgehead atoms. The second kappa shape index (κ2) is 17.7. The van der Waals surface area contributed by atoms with Crippen molar-refractivity contribution < 1.29 is 18.7 Å². The van der Waals surface area contributed by atoms with E-state index in [4.69, 9.17) is 20.8 Å². The van der Waals surface area contributed by atoms with Crippen LogP contribution in [-0.2, 0) is 17.7 Å². The van der Waals surface area contributed by atoms with Crippen LogP contribution in [-0.4, -0.2) is 42.3 Å². The lowest BCUT2D eigenvalue weighted by molar-refractivity contribution is 0.0489. The number of rotatable bonds is 13. The molecule has 2 atom stereocenters. The summed E-state index contributed by atoms with van der Waals surface area (Å²) in [6.45, 7) is 10.9. The standard InChI is InChI=1S/C42H50ClN5O4/c1-27-6-12-31(13-7-27)28(2)45-26-36-19-21-39(51-36)32-14-20-38(43)37(23-32)40(49)47-35(22-29-8-10-30(24-44)11-9-29)25-46-33-15-17-34(18-16-33)48-41(50)52-42(3,4)5/h6-14,19-21,23,28,33-35,45-46H,15-18,22,25-26H2,1-5H3,(H,47,49)(H,48,50)/t28-,33?,34?,35-/m1/s1. The Balaban J connectivity index is 1.21. The summed E-state index contributed by atoms with van der Waals surface area (Å²) in [7, 11) is 0. The maximum Gasteiger partial charge on any atom is 0.407 e. The first kappa shape index (κ1) is 38.6. The number of nitrogens with zero attached hydrogens (tertiary/aromatic N) is 1. The van der Waals surface area contributed by atoms with Gasteiger partial charge in [0, 0.05) is 36.3 Å². The molecule has 1 saturated carbocycles. The highest BCUT2D eigenvalue weighted by Crippen LogP contribution is 2.28. The number of halogens is 1. The summed E-state index contributed by atoms with van der Waals surface area (Å²) in [4.78, 5) is 26.1. The molecule has 5 rings (SSSR count). The Hall–Kier alpha value is -4.62. The third kappa shape index (κ3) is 11.4. The fourth-order valence-electron chi connectivity index (χ4n) is 6.37. The molecule has 4 aromatic rings. The number of furan rings is 1. The molecule has 3 aromatic carbocycles. The monoisotopic (exact) mass is 723 g/mol. The molecule has 0 radical (unpaired) electrons. The van der Waals surface area contributed by atoms with Crippen LogP contribution in [0.5, 0.6) is 0 Å². The van der Waals surface area contributed by atoms with Gasteiger partial charge >= 0.3 is 6.09 Å². The van der Waals surface area contributed by atoms with Gasteiger partial charge in [0.05, 0.1) is 28.8 Å². The van der Waals surface area contributed by atoms with Crippen LogP contribution in [0.4, 0.5) is 4.79 Å². The lowest BCUT2D eigenvalue weighted by atomic mass is 9.91. The third-order valence-electron chi connectivity index (χ3n) is 9.32. The Bertz CT molecular complexity index is 1830. The van der Waals surface area contributed by atoms with Crippen LogP contribution >= 0.6 is 11.6 Å². The first-order valence-electron chi connectivity index (χ1n) is 18.1. The van der Waals surface area contributed by atoms with Gasteiger partial charge in [-0.15, -0.1) is 0 Å². The van der Waals surface area contributed by atoms with Gasteiger partial charge in [-0.1, -0.05) is 53.6 Å². The number of aryl methyl sites for hydroxylation is 1. The van der Waals surface area contributed by atoms with E-state index in [1.807, 2.05) is 51.1 Å². The van der Waals surface area contributed by atoms with Gasteiger partial charge in [0.25, 0.3) is 5.91 Å². The highest BCUT2D eigenvalue weighted by Gasteiger charge is 2.26. The van der Waals surface area contributed by atoms with Crippen LogP contribution in [0, 0.1) is 18.3 Å². The molecule has 52 heavy (non-hydrogen) atoms. The lowest BCUT2D eigenvalue weighted by Gasteiger charge is -2.31. The fourth-order valence-corrected chi connectivity index (χ4v) is 6.57. The Labute approximate surface area is 312 Å². The van der Waals surface area contributed by atoms with Crippen molar-refractivity contribution in [1.82, 2.24) is 21.3 Å². The third-order valence-corrected chi connectivity index (χ3v) is 9.65. The number of carbonyl (C=O) groups excluding carboxylic acids is 2. The molecule has 1 heterocycles. The van der Waals surface area contributed by atoms with Crippen molar-refractivity contribution in [2.75, 3.05) is 6.54 Å². The van der Waals surface area contributed by atoms with Crippen molar-refractivity contribution in [3.63, 3.8) is 0 Å². The van der Waals surface area contributed by atoms with E-state index >= 15 is 0 Å². The molecule has 1 aromatic heterocycles. The van der Waals surface area contributed by atoms with Crippen LogP contribution in [0.1, 0.15) is 97.8 Å². The normalized spacial score (nSPS) is 17.1. The van der Waals surface area contributed by atoms with E-state index in [2.05, 4.69) is 65.4 Å². The summed E-state index contributed by atoms with van der Waals surface area (Å²) < 4.78 is 11.6. The minimum Gasteiger partial charge on any atom is -0.460 e. The largest absolute Gasteiger partial charge is 0.460 e. The summed E-state index contributed by atoms with van der Waals surface area (Å²) in [5.41, 5.74) is 4.60. The molecule has 2 amide bonds. The zero-order valence-electron chi connectivity index (χ0n) is 30.7. The molecule has 0 unspecified atom stereocenters. The second-order valence-corrected chi connectivity index (χ2v) is 15.2. The summed E-state index contributed by atoms with van der Waals surface area (Å²) in [6, 6.07) is 27.5. The molecular formula is C42H50ClN5O4. The van der Waals surface area contributed by atoms with Crippen LogP contribution in [0.3, 0.4) is 0 Å². The van der Waals surface area contributed by atoms with Crippen LogP contribution in [0.25, 0.3) is 11.3 Å². The van der Waals surface area contributed by atoms with Gasteiger partial charge < -0.3 is 30.4 Å². The van der Waals surface area contributed by atoms with E-state index < -0.39 is 5.60 Å². The van der Waals surface area contributed by atoms with E-state index in [1.54, 1.807) is 24.3 Å². The van der Waals surface area contributed by atoms with Crippen LogP contribution < -0.4 is 21.3 Å². The Morgan fingerprint density at radius 1 is 0.962 bits per heavy atom. The quantitative estimate of drug-likeness (QED) is 0.109. The molecule has 1 aliphatic rings. The number of nitrogens with one attached hydrogen (secondary N) is 4. The Kier molecular flexibility index (Phi) is 13.2. The van der Waals surface area contributed by atoms with E-state index in [0.717, 1.165) is 42.6 Å². The number of alkyl carbamates (subject to hydrolysis) is 1. The number of ether oxygens (including phenoxy) is 1. The predicted octanol–water partition coefficient (Wildman–Crippen LogP) is 8.40. The van der Waals surface area contributed by atoms with Gasteiger partial charge in [-0.25, -0.2) is 4.79 Å². The average Bonchev–Trinajstić information content (AvgIpc) is 3.59. The Morgan fingerprint density at radius 3 is 2.33 bits per heavy atom. The van der Waals surface area contributed by atoms with Gasteiger partial charge in [-0.2, -0.15) is 5.26 Å². The molecule has 4 N–H and O–H groups in total. The van der Waals surface area contributed by atoms with Crippen LogP contribution in [0.15, 0.2) is 83.3 Å². The lowest BCUT2D eigenvalue weighted by Crippen LogP contribution is -2.48. The van der Waals surface area contributed by atoms with Gasteiger partial charge in [-0.05, 0) is 120 Å². The van der Waals surface area contributed by atoms with E-state index in [1.165, 1.54) is 11.1 Å². The summed E-state index contributed by atoms with van der Waals surface area (Å²) in [5.74, 6) is 1.16. The average molecular weight is 724 g/mol. The zero-order valence-corrected chi connectivity index (χ0v) is 31.5. The van der Waals surface area contributed by atoms with E-state index in [9.17, 15) is 14.9 Å². The fraction of sp³-hybridized carbons (Fsp3) is 0.405. The van der Waals surface area contributed by atoms with Crippen molar-refractivity contribution in [3.05, 3.63) is 117 Å². The van der Waals surface area contributed by atoms with Crippen molar-refractivity contribution in [2.24, 2.45) is 0 Å². The first-order valence-corrected chi connectivity index (χ1v) is 18.4. The number of benzene rings is 3. The number of hydrogen-bond donors (Lipinski definition) is 4. The molecule has 9 nitrogen and oxygen atoms in total. The molecule has 0 saturated heterocycles. The highest BCUT2D eigenvalue weighted by molar-refractivity contribution is 6.34. The van der Waals surface area contributed by atoms with Crippen molar-refractivity contribution in [2.45, 2.75) is 103 Å². The number of hydrogen-bond acceptors (Lipinski definition) is 7. The van der Waals surface area contributed by atoms with Crippen molar-refractivity contribution in [1.29, 1.82) is 5.26 Å². The molecule has 10 heteroatoms. The maximum atomic E-state index is 13.8. The molecular weight excluding hydrogens is 674 g/mol. The van der Waals surface area contributed by atoms with Gasteiger partial charge in [0.15, 0.2) is 0 Å². The minimum absolute atomic E-state index is 0.0696. The van der Waals surface area contributed by atoms with E-state index in [0.29, 0.717) is 41.4 Å². The number of amides is 2. The summed E-state index contributed by atoms with van der Waals surface area (Å²) in [6.07, 6.45) is 3.62. The van der Waals surface area contributed by atoms with Gasteiger partial charge in [-0.3, -0.25) is 4.79 Å². The molecule has 1 fully saturated rings. The topological polar surface area (TPSA) is 128 Å². The molecule has 1 aliphatic carbocycles. The first-order chi connectivity index (χ1) is 24.8. The molecule has 0 aliphatic heterocycles. The molecule has 0 spiro atoms. The minimum atomic E-state index is -0.538. The predicted molar refractivity (Wildman–Crippen MR) is 205 cm³/mol. The maximum absolute atomic E-state index is 13.8. The van der Waals surface area contributed by atoms with Crippen LogP contribution in [0.2, 0.25) is 5.02 Å². The number of nitriles is 1. The number of carbonyl (C=O) groups is 2. The van der Waals surface area contributed by atoms with Gasteiger partial charge in [0.2, 0.25) is 0 Å². The zero-order chi connectivity index (χ0) is 37.3. The second-order valence-electron chi connectivity index (χ2n) is 14.8.